The van der Waals surface area contributed by atoms with E-state index in [2.05, 4.69) is 141 Å². The topological polar surface area (TPSA) is 202 Å². The zero-order valence-electron chi connectivity index (χ0n) is 35.5. The van der Waals surface area contributed by atoms with Gasteiger partial charge in [-0.2, -0.15) is 5.10 Å². The summed E-state index contributed by atoms with van der Waals surface area (Å²) in [4.78, 5) is 36.0. The summed E-state index contributed by atoms with van der Waals surface area (Å²) in [5.74, 6) is 0. The minimum absolute atomic E-state index is 1.06. The Balaban J connectivity index is 0.000000162. The fourth-order valence-electron chi connectivity index (χ4n) is 4.48. The first-order valence-electron chi connectivity index (χ1n) is 19.8. The maximum atomic E-state index is 4.22. The van der Waals surface area contributed by atoms with Crippen LogP contribution in [0.1, 0.15) is 0 Å². The lowest BCUT2D eigenvalue weighted by atomic mass is 10.2. The highest BCUT2D eigenvalue weighted by Crippen LogP contribution is 2.19. The van der Waals surface area contributed by atoms with Gasteiger partial charge in [-0.3, -0.25) is 30.0 Å². The van der Waals surface area contributed by atoms with Gasteiger partial charge in [0.15, 0.2) is 0 Å². The van der Waals surface area contributed by atoms with Crippen molar-refractivity contribution in [2.24, 2.45) is 0 Å². The summed E-state index contributed by atoms with van der Waals surface area (Å²) in [6.45, 7) is 0. The molecule has 0 unspecified atom stereocenters. The summed E-state index contributed by atoms with van der Waals surface area (Å²) >= 11 is 3.39. The third-order valence-corrected chi connectivity index (χ3v) is 8.72. The number of hydrogen-bond acceptors (Lipinski definition) is 14. The Morgan fingerprint density at radius 3 is 1.64 bits per heavy atom. The highest BCUT2D eigenvalue weighted by molar-refractivity contribution is 7.17. The molecule has 330 valence electrons. The van der Waals surface area contributed by atoms with E-state index in [9.17, 15) is 0 Å². The number of nitrogens with zero attached hydrogens (tertiary/aromatic N) is 11. The highest BCUT2D eigenvalue weighted by atomic mass is 32.1. The molecule has 0 aliphatic heterocycles. The van der Waals surface area contributed by atoms with Crippen molar-refractivity contribution < 1.29 is 4.52 Å². The first kappa shape index (κ1) is 49.7. The number of nitrogens with one attached hydrogen (secondary N) is 3. The lowest BCUT2D eigenvalue weighted by molar-refractivity contribution is 0.393. The number of thiophene rings is 1. The van der Waals surface area contributed by atoms with Gasteiger partial charge in [-0.15, -0.1) is 27.8 Å². The van der Waals surface area contributed by atoms with E-state index in [0.717, 1.165) is 5.52 Å². The zero-order valence-corrected chi connectivity index (χ0v) is 37.1. The Morgan fingerprint density at radius 1 is 0.455 bits per heavy atom. The fraction of sp³-hybridized carbons (Fsp3) is 0. The number of hydrogen-bond donors (Lipinski definition) is 3. The summed E-state index contributed by atoms with van der Waals surface area (Å²) in [5.41, 5.74) is 4.06. The normalized spacial score (nSPS) is 8.91. The van der Waals surface area contributed by atoms with E-state index in [4.69, 9.17) is 0 Å². The molecular formula is C49H46N14OS2. The number of aromatic nitrogens is 14. The molecule has 0 bridgehead atoms. The van der Waals surface area contributed by atoms with E-state index < -0.39 is 0 Å². The molecule has 10 aromatic heterocycles. The van der Waals surface area contributed by atoms with E-state index in [1.807, 2.05) is 78.4 Å². The Hall–Kier alpha value is -8.93. The maximum Gasteiger partial charge on any atom is 0.144 e. The molecule has 0 amide bonds. The summed E-state index contributed by atoms with van der Waals surface area (Å²) in [5, 5.41) is 20.5. The second-order valence-corrected chi connectivity index (χ2v) is 13.5. The molecule has 0 radical (unpaired) electrons. The zero-order chi connectivity index (χ0) is 45.9. The SMILES string of the molecule is c1c[nH]cn1.c1ccc2[nH]ccc2c1.c1ccc2ncccc2c1.c1ccc2sccc2c1.c1ccncc1.c1cn[nH]c1.c1cnccn1.c1cncnc1.c1conn1.c1cscn1. The van der Waals surface area contributed by atoms with Crippen LogP contribution in [0.5, 0.6) is 0 Å². The molecule has 66 heavy (non-hydrogen) atoms. The van der Waals surface area contributed by atoms with Gasteiger partial charge in [0.05, 0.1) is 23.6 Å². The Labute approximate surface area is 389 Å². The molecule has 3 N–H and O–H groups in total. The Morgan fingerprint density at radius 2 is 1.18 bits per heavy atom. The van der Waals surface area contributed by atoms with E-state index in [-0.39, 0.29) is 0 Å². The van der Waals surface area contributed by atoms with Gasteiger partial charge in [0.2, 0.25) is 0 Å². The summed E-state index contributed by atoms with van der Waals surface area (Å²) in [7, 11) is 0. The number of pyridine rings is 2. The van der Waals surface area contributed by atoms with Crippen molar-refractivity contribution in [1.82, 2.24) is 70.4 Å². The second-order valence-electron chi connectivity index (χ2n) is 11.8. The number of rotatable bonds is 0. The molecule has 15 nitrogen and oxygen atoms in total. The third-order valence-electron chi connectivity index (χ3n) is 7.30. The largest absolute Gasteiger partial charge is 0.361 e. The Bertz CT molecular complexity index is 2370. The van der Waals surface area contributed by atoms with E-state index in [0.29, 0.717) is 0 Å². The number of benzene rings is 3. The average molecular weight is 911 g/mol. The van der Waals surface area contributed by atoms with Crippen LogP contribution in [0, 0.1) is 0 Å². The summed E-state index contributed by atoms with van der Waals surface area (Å²) < 4.78 is 5.59. The number of imidazole rings is 1. The monoisotopic (exact) mass is 910 g/mol. The maximum absolute atomic E-state index is 4.22. The highest BCUT2D eigenvalue weighted by Gasteiger charge is 1.89. The van der Waals surface area contributed by atoms with Crippen molar-refractivity contribution >= 4 is 54.6 Å². The number of aromatic amines is 3. The molecule has 0 saturated carbocycles. The van der Waals surface area contributed by atoms with Crippen molar-refractivity contribution in [3.63, 3.8) is 0 Å². The van der Waals surface area contributed by atoms with Crippen molar-refractivity contribution in [3.05, 3.63) is 262 Å². The van der Waals surface area contributed by atoms with Gasteiger partial charge in [-0.1, -0.05) is 66.7 Å². The first-order valence-corrected chi connectivity index (χ1v) is 21.6. The number of thiazole rings is 1. The standard InChI is InChI=1S/C9H7N.C8H7N.C8H6S.C5H5N.2C4H4N2.2C3H4N2.C3H3NS.C2H2N2O/c1-2-6-9-8(4-1)5-3-7-10-9;2*1-2-4-8-7(3-1)5-6-9-8;1-2-4-6-5-3-1;1-2-6-4-3-5-1;1-2-5-4-6-3-1;1-2-5-3-4-1;1-2-4-5-3-1;1-2-5-3-4-1;1-2-5-4-3-1/h1-7H;1-6,9H;1-6H;1-5H;2*1-4H;2*1-3H,(H,4,5);1-3H;1-2H. The third kappa shape index (κ3) is 24.5. The molecule has 13 rings (SSSR count). The minimum atomic E-state index is 1.06. The lowest BCUT2D eigenvalue weighted by Crippen LogP contribution is -1.73. The van der Waals surface area contributed by atoms with Gasteiger partial charge in [-0.25, -0.2) is 15.0 Å². The molecule has 0 aliphatic carbocycles. The van der Waals surface area contributed by atoms with Crippen LogP contribution < -0.4 is 0 Å². The fourth-order valence-corrected chi connectivity index (χ4v) is 5.62. The van der Waals surface area contributed by atoms with Crippen LogP contribution >= 0.6 is 22.7 Å². The molecule has 0 aliphatic rings. The minimum Gasteiger partial charge on any atom is -0.361 e. The molecule has 0 fully saturated rings. The van der Waals surface area contributed by atoms with Gasteiger partial charge in [-0.05, 0) is 76.8 Å². The smallest absolute Gasteiger partial charge is 0.144 e. The van der Waals surface area contributed by atoms with Gasteiger partial charge in [0, 0.05) is 119 Å². The van der Waals surface area contributed by atoms with Crippen LogP contribution in [-0.2, 0) is 0 Å². The molecule has 0 saturated heterocycles. The van der Waals surface area contributed by atoms with E-state index >= 15 is 0 Å². The van der Waals surface area contributed by atoms with E-state index in [1.54, 1.807) is 121 Å². The van der Waals surface area contributed by atoms with Crippen LogP contribution in [0.25, 0.3) is 31.9 Å². The van der Waals surface area contributed by atoms with E-state index in [1.165, 1.54) is 45.2 Å². The van der Waals surface area contributed by atoms with Crippen LogP contribution in [0.4, 0.5) is 0 Å². The first-order chi connectivity index (χ1) is 32.9. The molecule has 3 aromatic carbocycles. The molecule has 0 spiro atoms. The van der Waals surface area contributed by atoms with Crippen LogP contribution in [0.3, 0.4) is 0 Å². The predicted molar refractivity (Wildman–Crippen MR) is 264 cm³/mol. The van der Waals surface area contributed by atoms with Crippen molar-refractivity contribution in [3.8, 4) is 0 Å². The van der Waals surface area contributed by atoms with Crippen LogP contribution in [0.2, 0.25) is 0 Å². The van der Waals surface area contributed by atoms with Crippen LogP contribution in [-0.4, -0.2) is 70.4 Å². The number of fused-ring (bicyclic) bond motifs is 3. The van der Waals surface area contributed by atoms with Gasteiger partial charge in [0.25, 0.3) is 0 Å². The second kappa shape index (κ2) is 35.6. The Kier molecular flexibility index (Phi) is 26.9. The van der Waals surface area contributed by atoms with Gasteiger partial charge in [0.1, 0.15) is 12.6 Å². The van der Waals surface area contributed by atoms with Crippen molar-refractivity contribution in [2.75, 3.05) is 0 Å². The van der Waals surface area contributed by atoms with Crippen molar-refractivity contribution in [1.29, 1.82) is 0 Å². The molecule has 0 atom stereocenters. The van der Waals surface area contributed by atoms with Gasteiger partial charge < -0.3 is 14.5 Å². The quantitative estimate of drug-likeness (QED) is 0.130. The number of para-hydroxylation sites is 2. The van der Waals surface area contributed by atoms with Crippen molar-refractivity contribution in [2.45, 2.75) is 0 Å². The molecule has 17 heteroatoms. The molecule has 10 heterocycles. The lowest BCUT2D eigenvalue weighted by Gasteiger charge is -1.91. The summed E-state index contributed by atoms with van der Waals surface area (Å²) in [6.07, 6.45) is 31.9. The summed E-state index contributed by atoms with van der Waals surface area (Å²) in [6, 6.07) is 42.2. The van der Waals surface area contributed by atoms with Crippen LogP contribution in [0.15, 0.2) is 266 Å². The average Bonchev–Trinajstić information content (AvgIpc) is 4.28. The van der Waals surface area contributed by atoms with Gasteiger partial charge >= 0.3 is 0 Å². The molecule has 13 aromatic rings. The predicted octanol–water partition coefficient (Wildman–Crippen LogP) is 11.4. The molecular weight excluding hydrogens is 865 g/mol. The number of H-pyrrole nitrogens is 3.